The second-order valence-electron chi connectivity index (χ2n) is 7.86. The molecule has 2 aliphatic rings. The molecule has 154 valence electrons. The van der Waals surface area contributed by atoms with Crippen LogP contribution < -0.4 is 14.8 Å². The van der Waals surface area contributed by atoms with Gasteiger partial charge in [-0.3, -0.25) is 4.79 Å². The van der Waals surface area contributed by atoms with Crippen LogP contribution in [-0.4, -0.2) is 35.4 Å². The molecule has 0 fully saturated rings. The van der Waals surface area contributed by atoms with Crippen LogP contribution >= 0.6 is 0 Å². The molecule has 0 atom stereocenters. The number of carbonyl (C=O) groups is 1. The van der Waals surface area contributed by atoms with Gasteiger partial charge in [0.1, 0.15) is 13.2 Å². The lowest BCUT2D eigenvalue weighted by molar-refractivity contribution is 0.0948. The molecule has 30 heavy (non-hydrogen) atoms. The zero-order valence-corrected chi connectivity index (χ0v) is 17.1. The fraction of sp³-hybridized carbons (Fsp3) is 0.333. The molecule has 3 aromatic rings. The predicted octanol–water partition coefficient (Wildman–Crippen LogP) is 3.41. The third-order valence-corrected chi connectivity index (χ3v) is 5.73. The summed E-state index contributed by atoms with van der Waals surface area (Å²) < 4.78 is 13.1. The number of carbonyl (C=O) groups excluding carboxylic acids is 1. The van der Waals surface area contributed by atoms with Crippen molar-refractivity contribution in [1.29, 1.82) is 0 Å². The fourth-order valence-electron chi connectivity index (χ4n) is 4.17. The van der Waals surface area contributed by atoms with Crippen molar-refractivity contribution in [2.75, 3.05) is 19.8 Å². The van der Waals surface area contributed by atoms with E-state index in [0.717, 1.165) is 59.7 Å². The molecule has 0 bridgehead atoms. The molecule has 0 saturated carbocycles. The Kier molecular flexibility index (Phi) is 4.91. The van der Waals surface area contributed by atoms with Crippen LogP contribution in [0.4, 0.5) is 0 Å². The van der Waals surface area contributed by atoms with Gasteiger partial charge in [0.05, 0.1) is 5.69 Å². The first-order valence-corrected chi connectivity index (χ1v) is 10.5. The van der Waals surface area contributed by atoms with Gasteiger partial charge in [-0.05, 0) is 62.4 Å². The van der Waals surface area contributed by atoms with E-state index >= 15 is 0 Å². The molecule has 0 radical (unpaired) electrons. The van der Waals surface area contributed by atoms with Gasteiger partial charge < -0.3 is 14.8 Å². The Morgan fingerprint density at radius 2 is 1.87 bits per heavy atom. The largest absolute Gasteiger partial charge is 0.486 e. The molecule has 6 heteroatoms. The first kappa shape index (κ1) is 18.7. The number of hydrogen-bond donors (Lipinski definition) is 1. The van der Waals surface area contributed by atoms with Crippen molar-refractivity contribution in [2.24, 2.45) is 0 Å². The summed E-state index contributed by atoms with van der Waals surface area (Å²) in [4.78, 5) is 12.9. The van der Waals surface area contributed by atoms with Crippen LogP contribution in [0.15, 0.2) is 42.5 Å². The minimum absolute atomic E-state index is 0.100. The summed E-state index contributed by atoms with van der Waals surface area (Å²) in [7, 11) is 0. The average Bonchev–Trinajstić information content (AvgIpc) is 3.37. The summed E-state index contributed by atoms with van der Waals surface area (Å²) in [6, 6.07) is 14.2. The standard InChI is InChI=1S/C24H25N3O3/c1-16-5-8-18(9-6-16)27-20-4-2-3-19(20)23(26-27)24(28)25-12-11-17-7-10-21-22(15-17)30-14-13-29-21/h5-10,15H,2-4,11-14H2,1H3,(H,25,28). The summed E-state index contributed by atoms with van der Waals surface area (Å²) in [5.74, 6) is 1.46. The second kappa shape index (κ2) is 7.86. The maximum Gasteiger partial charge on any atom is 0.272 e. The SMILES string of the molecule is Cc1ccc(-n2nc(C(=O)NCCc3ccc4c(c3)OCCO4)c3c2CCC3)cc1. The molecule has 0 spiro atoms. The highest BCUT2D eigenvalue weighted by molar-refractivity contribution is 5.94. The topological polar surface area (TPSA) is 65.4 Å². The van der Waals surface area contributed by atoms with Crippen molar-refractivity contribution in [3.63, 3.8) is 0 Å². The van der Waals surface area contributed by atoms with Crippen LogP contribution in [0.3, 0.4) is 0 Å². The van der Waals surface area contributed by atoms with Gasteiger partial charge in [-0.25, -0.2) is 4.68 Å². The highest BCUT2D eigenvalue weighted by Gasteiger charge is 2.26. The van der Waals surface area contributed by atoms with Crippen LogP contribution in [0.1, 0.15) is 39.3 Å². The van der Waals surface area contributed by atoms with E-state index in [0.29, 0.717) is 25.5 Å². The van der Waals surface area contributed by atoms with E-state index in [1.54, 1.807) is 0 Å². The lowest BCUT2D eigenvalue weighted by Gasteiger charge is -2.18. The number of nitrogens with one attached hydrogen (secondary N) is 1. The van der Waals surface area contributed by atoms with E-state index < -0.39 is 0 Å². The number of amides is 1. The molecule has 1 N–H and O–H groups in total. The Bertz CT molecular complexity index is 1090. The summed E-state index contributed by atoms with van der Waals surface area (Å²) in [5, 5.41) is 7.73. The lowest BCUT2D eigenvalue weighted by Crippen LogP contribution is -2.27. The van der Waals surface area contributed by atoms with Gasteiger partial charge in [0, 0.05) is 17.8 Å². The van der Waals surface area contributed by atoms with E-state index in [9.17, 15) is 4.79 Å². The van der Waals surface area contributed by atoms with E-state index in [1.165, 1.54) is 5.56 Å². The molecule has 5 rings (SSSR count). The molecule has 2 aromatic carbocycles. The monoisotopic (exact) mass is 403 g/mol. The molecule has 1 aliphatic heterocycles. The number of ether oxygens (including phenoxy) is 2. The van der Waals surface area contributed by atoms with Crippen LogP contribution in [-0.2, 0) is 19.3 Å². The molecule has 1 aliphatic carbocycles. The quantitative estimate of drug-likeness (QED) is 0.709. The van der Waals surface area contributed by atoms with Crippen molar-refractivity contribution < 1.29 is 14.3 Å². The van der Waals surface area contributed by atoms with Gasteiger partial charge >= 0.3 is 0 Å². The van der Waals surface area contributed by atoms with Gasteiger partial charge in [-0.1, -0.05) is 23.8 Å². The number of hydrogen-bond acceptors (Lipinski definition) is 4. The highest BCUT2D eigenvalue weighted by Crippen LogP contribution is 2.31. The smallest absolute Gasteiger partial charge is 0.272 e. The lowest BCUT2D eigenvalue weighted by atomic mass is 10.1. The van der Waals surface area contributed by atoms with Crippen LogP contribution in [0.25, 0.3) is 5.69 Å². The molecule has 0 saturated heterocycles. The summed E-state index contributed by atoms with van der Waals surface area (Å²) in [6.07, 6.45) is 3.66. The normalized spacial score (nSPS) is 14.4. The highest BCUT2D eigenvalue weighted by atomic mass is 16.6. The van der Waals surface area contributed by atoms with Gasteiger partial charge in [0.15, 0.2) is 17.2 Å². The summed E-state index contributed by atoms with van der Waals surface area (Å²) >= 11 is 0. The number of fused-ring (bicyclic) bond motifs is 2. The van der Waals surface area contributed by atoms with Crippen molar-refractivity contribution in [3.8, 4) is 17.2 Å². The number of aromatic nitrogens is 2. The Balaban J connectivity index is 1.29. The van der Waals surface area contributed by atoms with Crippen LogP contribution in [0, 0.1) is 6.92 Å². The van der Waals surface area contributed by atoms with Gasteiger partial charge in [-0.2, -0.15) is 5.10 Å². The Labute approximate surface area is 175 Å². The first-order valence-electron chi connectivity index (χ1n) is 10.5. The second-order valence-corrected chi connectivity index (χ2v) is 7.86. The number of nitrogens with zero attached hydrogens (tertiary/aromatic N) is 2. The molecule has 2 heterocycles. The third-order valence-electron chi connectivity index (χ3n) is 5.73. The van der Waals surface area contributed by atoms with Gasteiger partial charge in [0.2, 0.25) is 0 Å². The first-order chi connectivity index (χ1) is 14.7. The van der Waals surface area contributed by atoms with Crippen LogP contribution in [0.2, 0.25) is 0 Å². The number of rotatable bonds is 5. The summed E-state index contributed by atoms with van der Waals surface area (Å²) in [6.45, 7) is 3.77. The van der Waals surface area contributed by atoms with Gasteiger partial charge in [0.25, 0.3) is 5.91 Å². The van der Waals surface area contributed by atoms with Gasteiger partial charge in [-0.15, -0.1) is 0 Å². The number of benzene rings is 2. The Morgan fingerprint density at radius 3 is 2.70 bits per heavy atom. The molecular weight excluding hydrogens is 378 g/mol. The Morgan fingerprint density at radius 1 is 1.07 bits per heavy atom. The van der Waals surface area contributed by atoms with Crippen molar-refractivity contribution >= 4 is 5.91 Å². The molecule has 0 unspecified atom stereocenters. The maximum absolute atomic E-state index is 12.9. The van der Waals surface area contributed by atoms with E-state index in [4.69, 9.17) is 9.47 Å². The zero-order valence-electron chi connectivity index (χ0n) is 17.1. The Hall–Kier alpha value is -3.28. The van der Waals surface area contributed by atoms with Crippen molar-refractivity contribution in [1.82, 2.24) is 15.1 Å². The van der Waals surface area contributed by atoms with Crippen LogP contribution in [0.5, 0.6) is 11.5 Å². The third kappa shape index (κ3) is 3.54. The van der Waals surface area contributed by atoms with E-state index in [2.05, 4.69) is 41.6 Å². The zero-order chi connectivity index (χ0) is 20.5. The number of aryl methyl sites for hydroxylation is 1. The minimum Gasteiger partial charge on any atom is -0.486 e. The molecule has 6 nitrogen and oxygen atoms in total. The predicted molar refractivity (Wildman–Crippen MR) is 114 cm³/mol. The van der Waals surface area contributed by atoms with E-state index in [-0.39, 0.29) is 5.91 Å². The maximum atomic E-state index is 12.9. The molecule has 1 amide bonds. The summed E-state index contributed by atoms with van der Waals surface area (Å²) in [5.41, 5.74) is 6.14. The molecule has 1 aromatic heterocycles. The van der Waals surface area contributed by atoms with Crippen molar-refractivity contribution in [3.05, 3.63) is 70.5 Å². The minimum atomic E-state index is -0.100. The average molecular weight is 403 g/mol. The fourth-order valence-corrected chi connectivity index (χ4v) is 4.17. The van der Waals surface area contributed by atoms with Crippen molar-refractivity contribution in [2.45, 2.75) is 32.6 Å². The molecular formula is C24H25N3O3. The van der Waals surface area contributed by atoms with E-state index in [1.807, 2.05) is 22.9 Å².